The molecule has 0 spiro atoms. The first-order valence-corrected chi connectivity index (χ1v) is 6.76. The lowest BCUT2D eigenvalue weighted by molar-refractivity contribution is 0.182. The minimum Gasteiger partial charge on any atom is -0.326 e. The van der Waals surface area contributed by atoms with Gasteiger partial charge in [0.05, 0.1) is 6.04 Å². The molecular weight excluding hydrogens is 224 g/mol. The number of nitrogens with two attached hydrogens (primary N) is 1. The van der Waals surface area contributed by atoms with Gasteiger partial charge in [-0.05, 0) is 38.6 Å². The molecule has 2 atom stereocenters. The second-order valence-corrected chi connectivity index (χ2v) is 5.28. The van der Waals surface area contributed by atoms with Crippen LogP contribution >= 0.6 is 0 Å². The summed E-state index contributed by atoms with van der Waals surface area (Å²) in [5.41, 5.74) is 7.44. The third-order valence-electron chi connectivity index (χ3n) is 3.67. The molecule has 1 aromatic rings. The van der Waals surface area contributed by atoms with Gasteiger partial charge >= 0.3 is 0 Å². The van der Waals surface area contributed by atoms with Gasteiger partial charge in [-0.2, -0.15) is 0 Å². The Morgan fingerprint density at radius 1 is 1.28 bits per heavy atom. The minimum absolute atomic E-state index is 0.123. The van der Waals surface area contributed by atoms with Crippen LogP contribution < -0.4 is 5.73 Å². The summed E-state index contributed by atoms with van der Waals surface area (Å²) in [5, 5.41) is 0. The van der Waals surface area contributed by atoms with E-state index in [9.17, 15) is 0 Å². The van der Waals surface area contributed by atoms with E-state index in [4.69, 9.17) is 5.73 Å². The van der Waals surface area contributed by atoms with Crippen LogP contribution in [0.1, 0.15) is 24.9 Å². The van der Waals surface area contributed by atoms with Crippen LogP contribution in [0.4, 0.5) is 0 Å². The largest absolute Gasteiger partial charge is 0.326 e. The Balaban J connectivity index is 2.15. The van der Waals surface area contributed by atoms with Gasteiger partial charge in [-0.3, -0.25) is 9.88 Å². The Kier molecular flexibility index (Phi) is 4.69. The Bertz CT molecular complexity index is 352. The minimum atomic E-state index is 0.123. The SMILES string of the molecule is CC(N)C(c1cccnc1)N1CCCN(C)CC1. The normalized spacial score (nSPS) is 22.4. The highest BCUT2D eigenvalue weighted by Gasteiger charge is 2.25. The molecular formula is C14H24N4. The molecule has 1 saturated heterocycles. The summed E-state index contributed by atoms with van der Waals surface area (Å²) in [6.45, 7) is 6.58. The molecule has 1 fully saturated rings. The fraction of sp³-hybridized carbons (Fsp3) is 0.643. The second-order valence-electron chi connectivity index (χ2n) is 5.28. The first-order chi connectivity index (χ1) is 8.68. The summed E-state index contributed by atoms with van der Waals surface area (Å²) in [6.07, 6.45) is 4.97. The number of rotatable bonds is 3. The number of hydrogen-bond donors (Lipinski definition) is 1. The molecule has 0 radical (unpaired) electrons. The smallest absolute Gasteiger partial charge is 0.0512 e. The van der Waals surface area contributed by atoms with Crippen molar-refractivity contribution in [3.05, 3.63) is 30.1 Å². The zero-order chi connectivity index (χ0) is 13.0. The third-order valence-corrected chi connectivity index (χ3v) is 3.67. The van der Waals surface area contributed by atoms with E-state index in [1.54, 1.807) is 0 Å². The maximum Gasteiger partial charge on any atom is 0.0512 e. The van der Waals surface area contributed by atoms with Crippen molar-refractivity contribution in [3.8, 4) is 0 Å². The van der Waals surface area contributed by atoms with Gasteiger partial charge in [-0.15, -0.1) is 0 Å². The molecule has 1 aliphatic rings. The van der Waals surface area contributed by atoms with E-state index in [1.165, 1.54) is 18.5 Å². The average molecular weight is 248 g/mol. The highest BCUT2D eigenvalue weighted by Crippen LogP contribution is 2.23. The molecule has 1 aliphatic heterocycles. The van der Waals surface area contributed by atoms with E-state index in [0.717, 1.165) is 19.6 Å². The molecule has 2 rings (SSSR count). The highest BCUT2D eigenvalue weighted by molar-refractivity contribution is 5.16. The summed E-state index contributed by atoms with van der Waals surface area (Å²) < 4.78 is 0. The Hall–Kier alpha value is -0.970. The van der Waals surface area contributed by atoms with Gasteiger partial charge in [0.15, 0.2) is 0 Å². The molecule has 2 unspecified atom stereocenters. The predicted octanol–water partition coefficient (Wildman–Crippen LogP) is 1.11. The van der Waals surface area contributed by atoms with Gasteiger partial charge in [-0.25, -0.2) is 0 Å². The fourth-order valence-corrected chi connectivity index (χ4v) is 2.74. The van der Waals surface area contributed by atoms with Crippen LogP contribution in [0.2, 0.25) is 0 Å². The van der Waals surface area contributed by atoms with Crippen molar-refractivity contribution in [3.63, 3.8) is 0 Å². The quantitative estimate of drug-likeness (QED) is 0.870. The van der Waals surface area contributed by atoms with Crippen molar-refractivity contribution < 1.29 is 0 Å². The molecule has 0 saturated carbocycles. The number of aromatic nitrogens is 1. The van der Waals surface area contributed by atoms with Crippen LogP contribution in [0.3, 0.4) is 0 Å². The monoisotopic (exact) mass is 248 g/mol. The van der Waals surface area contributed by atoms with Gasteiger partial charge in [0.2, 0.25) is 0 Å². The zero-order valence-electron chi connectivity index (χ0n) is 11.4. The lowest BCUT2D eigenvalue weighted by Crippen LogP contribution is -2.41. The molecule has 0 aromatic carbocycles. The van der Waals surface area contributed by atoms with Crippen molar-refractivity contribution >= 4 is 0 Å². The first kappa shape index (κ1) is 13.5. The average Bonchev–Trinajstić information content (AvgIpc) is 2.56. The lowest BCUT2D eigenvalue weighted by Gasteiger charge is -2.33. The molecule has 100 valence electrons. The number of likely N-dealkylation sites (N-methyl/N-ethyl adjacent to an activating group) is 1. The summed E-state index contributed by atoms with van der Waals surface area (Å²) in [6, 6.07) is 4.53. The molecule has 2 N–H and O–H groups in total. The summed E-state index contributed by atoms with van der Waals surface area (Å²) in [5.74, 6) is 0. The number of nitrogens with zero attached hydrogens (tertiary/aromatic N) is 3. The van der Waals surface area contributed by atoms with Crippen molar-refractivity contribution in [1.29, 1.82) is 0 Å². The van der Waals surface area contributed by atoms with Crippen LogP contribution in [0.25, 0.3) is 0 Å². The van der Waals surface area contributed by atoms with Crippen LogP contribution in [0.5, 0.6) is 0 Å². The van der Waals surface area contributed by atoms with Crippen LogP contribution in [0.15, 0.2) is 24.5 Å². The van der Waals surface area contributed by atoms with E-state index < -0.39 is 0 Å². The molecule has 0 bridgehead atoms. The van der Waals surface area contributed by atoms with Gasteiger partial charge in [0.25, 0.3) is 0 Å². The van der Waals surface area contributed by atoms with Crippen molar-refractivity contribution in [2.45, 2.75) is 25.4 Å². The Morgan fingerprint density at radius 3 is 2.78 bits per heavy atom. The topological polar surface area (TPSA) is 45.4 Å². The molecule has 1 aromatic heterocycles. The van der Waals surface area contributed by atoms with Crippen molar-refractivity contribution in [2.75, 3.05) is 33.2 Å². The van der Waals surface area contributed by atoms with E-state index in [0.29, 0.717) is 0 Å². The van der Waals surface area contributed by atoms with Gasteiger partial charge in [-0.1, -0.05) is 6.07 Å². The fourth-order valence-electron chi connectivity index (χ4n) is 2.74. The van der Waals surface area contributed by atoms with E-state index in [1.807, 2.05) is 18.5 Å². The Labute approximate surface area is 110 Å². The highest BCUT2D eigenvalue weighted by atomic mass is 15.2. The van der Waals surface area contributed by atoms with Gasteiger partial charge < -0.3 is 10.6 Å². The summed E-state index contributed by atoms with van der Waals surface area (Å²) >= 11 is 0. The summed E-state index contributed by atoms with van der Waals surface area (Å²) in [7, 11) is 2.19. The van der Waals surface area contributed by atoms with E-state index in [-0.39, 0.29) is 12.1 Å². The maximum atomic E-state index is 6.20. The zero-order valence-corrected chi connectivity index (χ0v) is 11.4. The van der Waals surface area contributed by atoms with Gasteiger partial charge in [0.1, 0.15) is 0 Å². The standard InChI is InChI=1S/C14H24N4/c1-12(15)14(13-5-3-6-16-11-13)18-8-4-7-17(2)9-10-18/h3,5-6,11-12,14H,4,7-10,15H2,1-2H3. The number of hydrogen-bond acceptors (Lipinski definition) is 4. The predicted molar refractivity (Wildman–Crippen MR) is 74.3 cm³/mol. The summed E-state index contributed by atoms with van der Waals surface area (Å²) in [4.78, 5) is 9.12. The van der Waals surface area contributed by atoms with Crippen molar-refractivity contribution in [2.24, 2.45) is 5.73 Å². The second kappa shape index (κ2) is 6.27. The molecule has 0 aliphatic carbocycles. The van der Waals surface area contributed by atoms with Crippen LogP contribution in [0, 0.1) is 0 Å². The van der Waals surface area contributed by atoms with Gasteiger partial charge in [0, 0.05) is 38.1 Å². The Morgan fingerprint density at radius 2 is 2.11 bits per heavy atom. The van der Waals surface area contributed by atoms with Crippen LogP contribution in [-0.4, -0.2) is 54.1 Å². The lowest BCUT2D eigenvalue weighted by atomic mass is 10.0. The molecule has 18 heavy (non-hydrogen) atoms. The third kappa shape index (κ3) is 3.28. The first-order valence-electron chi connectivity index (χ1n) is 6.76. The molecule has 2 heterocycles. The number of pyridine rings is 1. The molecule has 4 nitrogen and oxygen atoms in total. The van der Waals surface area contributed by atoms with E-state index in [2.05, 4.69) is 34.8 Å². The molecule has 4 heteroatoms. The van der Waals surface area contributed by atoms with Crippen LogP contribution in [-0.2, 0) is 0 Å². The van der Waals surface area contributed by atoms with Crippen molar-refractivity contribution in [1.82, 2.24) is 14.8 Å². The van der Waals surface area contributed by atoms with E-state index >= 15 is 0 Å². The maximum absolute atomic E-state index is 6.20. The molecule has 0 amide bonds.